The van der Waals surface area contributed by atoms with Gasteiger partial charge in [-0.2, -0.15) is 4.89 Å². The Balaban J connectivity index is 0. The lowest BCUT2D eigenvalue weighted by Crippen LogP contribution is -1.56. The van der Waals surface area contributed by atoms with Gasteiger partial charge in [-0.1, -0.05) is 0 Å². The van der Waals surface area contributed by atoms with E-state index in [9.17, 15) is 4.57 Å². The van der Waals surface area contributed by atoms with Crippen LogP contribution in [0.3, 0.4) is 0 Å². The Bertz CT molecular complexity index is 46.8. The summed E-state index contributed by atoms with van der Waals surface area (Å²) >= 11 is 0. The Kier molecular flexibility index (Phi) is 9.11. The third kappa shape index (κ3) is 8.82. The SMILES string of the molecule is CC[P+](=O)O.[AlH3]. The Hall–Kier alpha value is 0.592. The molecule has 0 amide bonds. The summed E-state index contributed by atoms with van der Waals surface area (Å²) in [4.78, 5) is 7.87. The van der Waals surface area contributed by atoms with E-state index in [1.807, 2.05) is 0 Å². The van der Waals surface area contributed by atoms with Gasteiger partial charge in [-0.05, 0) is 11.5 Å². The number of hydrogen-bond acceptors (Lipinski definition) is 1. The number of rotatable bonds is 1. The Labute approximate surface area is 48.6 Å². The molecule has 0 aliphatic heterocycles. The summed E-state index contributed by atoms with van der Waals surface area (Å²) in [6.45, 7) is 1.67. The predicted molar refractivity (Wildman–Crippen MR) is 30.3 cm³/mol. The van der Waals surface area contributed by atoms with Crippen molar-refractivity contribution in [3.63, 3.8) is 0 Å². The molecular weight excluding hydrogens is 114 g/mol. The summed E-state index contributed by atoms with van der Waals surface area (Å²) in [5.74, 6) is 0. The highest BCUT2D eigenvalue weighted by Crippen LogP contribution is 2.08. The van der Waals surface area contributed by atoms with Crippen molar-refractivity contribution < 1.29 is 9.46 Å². The maximum atomic E-state index is 9.52. The number of hydrogen-bond donors (Lipinski definition) is 1. The van der Waals surface area contributed by atoms with Crippen molar-refractivity contribution in [1.29, 1.82) is 0 Å². The molecule has 0 fully saturated rings. The molecule has 0 saturated carbocycles. The van der Waals surface area contributed by atoms with E-state index in [1.54, 1.807) is 6.92 Å². The highest BCUT2D eigenvalue weighted by Gasteiger charge is 1.98. The standard InChI is InChI=1S/C2H5O2P.Al.3H/c1-2-5(3)4;;;;/h2H2,1H3;;;;/p+1. The predicted octanol–water partition coefficient (Wildman–Crippen LogP) is -0.443. The van der Waals surface area contributed by atoms with Gasteiger partial charge in [-0.3, -0.25) is 0 Å². The lowest BCUT2D eigenvalue weighted by atomic mass is 11.0. The van der Waals surface area contributed by atoms with Crippen molar-refractivity contribution in [3.05, 3.63) is 0 Å². The normalized spacial score (nSPS) is 9.33. The Morgan fingerprint density at radius 3 is 2.00 bits per heavy atom. The summed E-state index contributed by atoms with van der Waals surface area (Å²) in [5.41, 5.74) is 0. The molecule has 6 heavy (non-hydrogen) atoms. The third-order valence-corrected chi connectivity index (χ3v) is 0.812. The van der Waals surface area contributed by atoms with Gasteiger partial charge >= 0.3 is 8.03 Å². The minimum absolute atomic E-state index is 0. The van der Waals surface area contributed by atoms with Crippen LogP contribution in [0.2, 0.25) is 0 Å². The Morgan fingerprint density at radius 2 is 2.00 bits per heavy atom. The van der Waals surface area contributed by atoms with Crippen molar-refractivity contribution >= 4 is 25.4 Å². The minimum atomic E-state index is -1.85. The van der Waals surface area contributed by atoms with Crippen LogP contribution in [0.1, 0.15) is 6.92 Å². The molecule has 0 bridgehead atoms. The van der Waals surface area contributed by atoms with Crippen LogP contribution >= 0.6 is 8.03 Å². The molecule has 0 rings (SSSR count). The van der Waals surface area contributed by atoms with Crippen molar-refractivity contribution in [1.82, 2.24) is 0 Å². The molecule has 0 radical (unpaired) electrons. The summed E-state index contributed by atoms with van der Waals surface area (Å²) in [7, 11) is -1.85. The Morgan fingerprint density at radius 1 is 1.83 bits per heavy atom. The highest BCUT2D eigenvalue weighted by atomic mass is 31.1. The molecule has 0 aromatic carbocycles. The fourth-order valence-corrected chi connectivity index (χ4v) is 0. The first-order valence-corrected chi connectivity index (χ1v) is 2.80. The topological polar surface area (TPSA) is 37.3 Å². The van der Waals surface area contributed by atoms with Gasteiger partial charge in [0.25, 0.3) is 0 Å². The van der Waals surface area contributed by atoms with Crippen LogP contribution in [0, 0.1) is 0 Å². The van der Waals surface area contributed by atoms with E-state index in [4.69, 9.17) is 4.89 Å². The summed E-state index contributed by atoms with van der Waals surface area (Å²) in [6.07, 6.45) is 0.370. The second-order valence-electron chi connectivity index (χ2n) is 0.668. The van der Waals surface area contributed by atoms with Gasteiger partial charge < -0.3 is 0 Å². The van der Waals surface area contributed by atoms with E-state index < -0.39 is 8.03 Å². The first kappa shape index (κ1) is 9.78. The van der Waals surface area contributed by atoms with Crippen molar-refractivity contribution in [2.75, 3.05) is 6.16 Å². The average Bonchev–Trinajstić information content (AvgIpc) is 1.38. The lowest BCUT2D eigenvalue weighted by molar-refractivity contribution is 0.504. The monoisotopic (exact) mass is 123 g/mol. The van der Waals surface area contributed by atoms with E-state index in [2.05, 4.69) is 0 Å². The summed E-state index contributed by atoms with van der Waals surface area (Å²) in [6, 6.07) is 0. The molecule has 0 heterocycles. The fourth-order valence-electron chi connectivity index (χ4n) is 0. The van der Waals surface area contributed by atoms with E-state index in [0.29, 0.717) is 6.16 Å². The zero-order chi connectivity index (χ0) is 4.28. The van der Waals surface area contributed by atoms with Gasteiger partial charge in [0.2, 0.25) is 0 Å². The van der Waals surface area contributed by atoms with Crippen molar-refractivity contribution in [2.45, 2.75) is 6.92 Å². The second-order valence-corrected chi connectivity index (χ2v) is 2.01. The average molecular weight is 123 g/mol. The maximum absolute atomic E-state index is 9.52. The lowest BCUT2D eigenvalue weighted by Gasteiger charge is -1.53. The zero-order valence-electron chi connectivity index (χ0n) is 3.01. The quantitative estimate of drug-likeness (QED) is 0.379. The molecule has 0 aliphatic rings. The van der Waals surface area contributed by atoms with Crippen LogP contribution < -0.4 is 0 Å². The van der Waals surface area contributed by atoms with E-state index in [0.717, 1.165) is 0 Å². The largest absolute Gasteiger partial charge is 0.505 e. The van der Waals surface area contributed by atoms with E-state index in [-0.39, 0.29) is 17.4 Å². The maximum Gasteiger partial charge on any atom is 0.505 e. The van der Waals surface area contributed by atoms with Crippen LogP contribution in [0.25, 0.3) is 0 Å². The van der Waals surface area contributed by atoms with Crippen LogP contribution in [0.15, 0.2) is 0 Å². The van der Waals surface area contributed by atoms with Gasteiger partial charge in [0.05, 0.1) is 0 Å². The first-order valence-electron chi connectivity index (χ1n) is 1.41. The smallest absolute Gasteiger partial charge is 0.161 e. The first-order chi connectivity index (χ1) is 2.27. The van der Waals surface area contributed by atoms with Gasteiger partial charge in [0, 0.05) is 0 Å². The molecule has 0 aromatic heterocycles. The third-order valence-electron chi connectivity index (χ3n) is 0.271. The van der Waals surface area contributed by atoms with E-state index in [1.165, 1.54) is 0 Å². The molecule has 0 aliphatic carbocycles. The van der Waals surface area contributed by atoms with Gasteiger partial charge in [0.15, 0.2) is 23.5 Å². The minimum Gasteiger partial charge on any atom is -0.161 e. The molecule has 0 saturated heterocycles. The highest BCUT2D eigenvalue weighted by molar-refractivity contribution is 7.37. The zero-order valence-corrected chi connectivity index (χ0v) is 3.90. The molecule has 1 atom stereocenters. The van der Waals surface area contributed by atoms with Crippen LogP contribution in [-0.2, 0) is 4.57 Å². The summed E-state index contributed by atoms with van der Waals surface area (Å²) < 4.78 is 9.52. The van der Waals surface area contributed by atoms with Gasteiger partial charge in [0.1, 0.15) is 0 Å². The molecular formula is C2H9AlO2P+. The van der Waals surface area contributed by atoms with Crippen LogP contribution in [0.4, 0.5) is 0 Å². The van der Waals surface area contributed by atoms with Gasteiger partial charge in [-0.25, -0.2) is 0 Å². The molecule has 2 nitrogen and oxygen atoms in total. The second kappa shape index (κ2) is 5.59. The molecule has 1 unspecified atom stereocenters. The fraction of sp³-hybridized carbons (Fsp3) is 1.00. The van der Waals surface area contributed by atoms with Crippen LogP contribution in [-0.4, -0.2) is 28.4 Å². The van der Waals surface area contributed by atoms with Crippen molar-refractivity contribution in [3.8, 4) is 0 Å². The van der Waals surface area contributed by atoms with E-state index >= 15 is 0 Å². The van der Waals surface area contributed by atoms with Gasteiger partial charge in [-0.15, -0.1) is 0 Å². The molecule has 1 N–H and O–H groups in total. The molecule has 36 valence electrons. The molecule has 0 spiro atoms. The molecule has 4 heteroatoms. The van der Waals surface area contributed by atoms with Crippen molar-refractivity contribution in [2.24, 2.45) is 0 Å². The molecule has 0 aromatic rings. The summed E-state index contributed by atoms with van der Waals surface area (Å²) in [5, 5.41) is 0. The van der Waals surface area contributed by atoms with Crippen LogP contribution in [0.5, 0.6) is 0 Å².